The van der Waals surface area contributed by atoms with Crippen LogP contribution in [0.3, 0.4) is 0 Å². The van der Waals surface area contributed by atoms with Gasteiger partial charge in [-0.1, -0.05) is 6.07 Å². The number of nitro benzene ring substituents is 1. The van der Waals surface area contributed by atoms with Crippen molar-refractivity contribution < 1.29 is 19.3 Å². The first-order valence-corrected chi connectivity index (χ1v) is 11.2. The van der Waals surface area contributed by atoms with Crippen LogP contribution in [0.5, 0.6) is 0 Å². The molecule has 0 radical (unpaired) electrons. The number of aromatic nitrogens is 4. The first kappa shape index (κ1) is 31.3. The van der Waals surface area contributed by atoms with Gasteiger partial charge in [-0.25, -0.2) is 4.98 Å². The molecule has 0 saturated carbocycles. The summed E-state index contributed by atoms with van der Waals surface area (Å²) in [5.41, 5.74) is 6.66. The first-order valence-electron chi connectivity index (χ1n) is 11.2. The van der Waals surface area contributed by atoms with Gasteiger partial charge < -0.3 is 35.8 Å². The van der Waals surface area contributed by atoms with Crippen LogP contribution in [0, 0.1) is 15.5 Å². The van der Waals surface area contributed by atoms with Crippen molar-refractivity contribution in [1.29, 1.82) is 5.41 Å². The Morgan fingerprint density at radius 1 is 1.02 bits per heavy atom. The Labute approximate surface area is 239 Å². The minimum atomic E-state index is -0.642. The van der Waals surface area contributed by atoms with E-state index in [4.69, 9.17) is 11.1 Å². The molecule has 0 aliphatic rings. The molecular formula is C23H26Cl2N10O5. The summed E-state index contributed by atoms with van der Waals surface area (Å²) in [7, 11) is 3.27. The number of benzene rings is 1. The molecule has 0 unspecified atom stereocenters. The molecule has 7 N–H and O–H groups in total. The standard InChI is InChI=1S/C23H24N10O5.2ClH/c1-31-10-12(8-16(31)21(34)26-7-6-18(24)25)27-22(35)17-9-13(11-32(17)2)28-23(36)20-29-14-4-3-5-15(33(37)38)19(14)30-20;;/h3-5,8-11H,6-7H2,1-2H3,(H3,24,25)(H,26,34)(H,27,35)(H,28,36)(H,29,30);2*1H. The van der Waals surface area contributed by atoms with Crippen LogP contribution in [0.2, 0.25) is 0 Å². The van der Waals surface area contributed by atoms with Gasteiger partial charge in [0, 0.05) is 45.5 Å². The number of carbonyl (C=O) groups is 3. The van der Waals surface area contributed by atoms with Crippen molar-refractivity contribution >= 4 is 76.5 Å². The lowest BCUT2D eigenvalue weighted by Crippen LogP contribution is -2.28. The second-order valence-corrected chi connectivity index (χ2v) is 8.41. The number of H-pyrrole nitrogens is 1. The van der Waals surface area contributed by atoms with Gasteiger partial charge in [-0.15, -0.1) is 24.8 Å². The van der Waals surface area contributed by atoms with Gasteiger partial charge in [-0.05, 0) is 18.2 Å². The van der Waals surface area contributed by atoms with Crippen molar-refractivity contribution in [3.05, 3.63) is 70.1 Å². The molecule has 40 heavy (non-hydrogen) atoms. The summed E-state index contributed by atoms with van der Waals surface area (Å²) >= 11 is 0. The number of halogens is 2. The Balaban J connectivity index is 0.00000280. The van der Waals surface area contributed by atoms with E-state index in [9.17, 15) is 24.5 Å². The molecule has 4 rings (SSSR count). The number of aryl methyl sites for hydroxylation is 2. The highest BCUT2D eigenvalue weighted by Crippen LogP contribution is 2.24. The van der Waals surface area contributed by atoms with E-state index in [1.165, 1.54) is 35.0 Å². The van der Waals surface area contributed by atoms with Gasteiger partial charge in [-0.2, -0.15) is 0 Å². The van der Waals surface area contributed by atoms with Crippen molar-refractivity contribution in [1.82, 2.24) is 24.4 Å². The highest BCUT2D eigenvalue weighted by Gasteiger charge is 2.21. The number of nitrogens with two attached hydrogens (primary N) is 1. The molecular weight excluding hydrogens is 567 g/mol. The Bertz CT molecular complexity index is 1610. The number of fused-ring (bicyclic) bond motifs is 1. The van der Waals surface area contributed by atoms with E-state index < -0.39 is 16.7 Å². The van der Waals surface area contributed by atoms with Gasteiger partial charge in [0.2, 0.25) is 0 Å². The van der Waals surface area contributed by atoms with Crippen molar-refractivity contribution in [3.8, 4) is 0 Å². The van der Waals surface area contributed by atoms with E-state index in [1.54, 1.807) is 30.9 Å². The normalized spacial score (nSPS) is 10.2. The molecule has 3 heterocycles. The van der Waals surface area contributed by atoms with Crippen LogP contribution in [0.15, 0.2) is 42.7 Å². The summed E-state index contributed by atoms with van der Waals surface area (Å²) in [6.45, 7) is 0.212. The Morgan fingerprint density at radius 2 is 1.60 bits per heavy atom. The molecule has 0 aliphatic heterocycles. The summed E-state index contributed by atoms with van der Waals surface area (Å²) in [6, 6.07) is 7.31. The molecule has 0 bridgehead atoms. The topological polar surface area (TPSA) is 219 Å². The second kappa shape index (κ2) is 12.8. The number of imidazole rings is 1. The number of nitrogens with one attached hydrogen (secondary N) is 5. The third-order valence-electron chi connectivity index (χ3n) is 5.57. The number of nitro groups is 1. The molecule has 3 amide bonds. The molecule has 212 valence electrons. The van der Waals surface area contributed by atoms with E-state index in [1.807, 2.05) is 0 Å². The van der Waals surface area contributed by atoms with Crippen molar-refractivity contribution in [2.24, 2.45) is 19.8 Å². The van der Waals surface area contributed by atoms with E-state index in [0.29, 0.717) is 22.6 Å². The monoisotopic (exact) mass is 592 g/mol. The fourth-order valence-corrected chi connectivity index (χ4v) is 3.78. The zero-order valence-corrected chi connectivity index (χ0v) is 22.8. The number of non-ortho nitro benzene ring substituents is 1. The largest absolute Gasteiger partial charge is 0.388 e. The van der Waals surface area contributed by atoms with E-state index >= 15 is 0 Å². The number of amides is 3. The average Bonchev–Trinajstić information content (AvgIpc) is 3.54. The van der Waals surface area contributed by atoms with Crippen LogP contribution < -0.4 is 21.7 Å². The zero-order chi connectivity index (χ0) is 27.6. The van der Waals surface area contributed by atoms with Crippen LogP contribution in [-0.2, 0) is 14.1 Å². The van der Waals surface area contributed by atoms with Gasteiger partial charge in [-0.3, -0.25) is 29.9 Å². The van der Waals surface area contributed by atoms with Crippen molar-refractivity contribution in [2.45, 2.75) is 6.42 Å². The summed E-state index contributed by atoms with van der Waals surface area (Å²) in [6.07, 6.45) is 3.32. The molecule has 15 nitrogen and oxygen atoms in total. The number of aromatic amines is 1. The lowest BCUT2D eigenvalue weighted by molar-refractivity contribution is -0.383. The summed E-state index contributed by atoms with van der Waals surface area (Å²) in [5, 5.41) is 26.4. The summed E-state index contributed by atoms with van der Waals surface area (Å²) in [4.78, 5) is 55.4. The third kappa shape index (κ3) is 6.75. The minimum Gasteiger partial charge on any atom is -0.388 e. The molecule has 0 saturated heterocycles. The molecule has 0 aliphatic carbocycles. The third-order valence-corrected chi connectivity index (χ3v) is 5.57. The molecule has 4 aromatic rings. The van der Waals surface area contributed by atoms with Crippen LogP contribution in [0.25, 0.3) is 11.0 Å². The fraction of sp³-hybridized carbons (Fsp3) is 0.174. The Hall–Kier alpha value is -4.89. The van der Waals surface area contributed by atoms with Gasteiger partial charge >= 0.3 is 0 Å². The summed E-state index contributed by atoms with van der Waals surface area (Å²) in [5.74, 6) is -1.67. The maximum absolute atomic E-state index is 12.9. The predicted molar refractivity (Wildman–Crippen MR) is 153 cm³/mol. The number of carbonyl (C=O) groups excluding carboxylic acids is 3. The van der Waals surface area contributed by atoms with Gasteiger partial charge in [0.15, 0.2) is 11.3 Å². The number of para-hydroxylation sites is 1. The highest BCUT2D eigenvalue weighted by atomic mass is 35.5. The van der Waals surface area contributed by atoms with E-state index in [-0.39, 0.29) is 72.2 Å². The van der Waals surface area contributed by atoms with Crippen LogP contribution in [0.1, 0.15) is 38.0 Å². The van der Waals surface area contributed by atoms with Crippen molar-refractivity contribution in [3.63, 3.8) is 0 Å². The van der Waals surface area contributed by atoms with Gasteiger partial charge in [0.1, 0.15) is 11.4 Å². The van der Waals surface area contributed by atoms with E-state index in [2.05, 4.69) is 25.9 Å². The number of hydrogen-bond donors (Lipinski definition) is 6. The quantitative estimate of drug-likeness (QED) is 0.0736. The predicted octanol–water partition coefficient (Wildman–Crippen LogP) is 2.55. The molecule has 0 spiro atoms. The molecule has 3 aromatic heterocycles. The SMILES string of the molecule is Cl.Cl.Cn1cc(NC(=O)c2cc(NC(=O)c3nc4c([N+](=O)[O-])cccc4[nH]3)cn2C)cc1C(=O)NCCC(=N)N. The zero-order valence-electron chi connectivity index (χ0n) is 21.2. The van der Waals surface area contributed by atoms with Crippen LogP contribution >= 0.6 is 24.8 Å². The van der Waals surface area contributed by atoms with Crippen LogP contribution in [-0.4, -0.2) is 54.1 Å². The Morgan fingerprint density at radius 3 is 2.17 bits per heavy atom. The van der Waals surface area contributed by atoms with Crippen LogP contribution in [0.4, 0.5) is 17.1 Å². The fourth-order valence-electron chi connectivity index (χ4n) is 3.78. The molecule has 0 fully saturated rings. The Kier molecular flexibility index (Phi) is 10.0. The maximum Gasteiger partial charge on any atom is 0.297 e. The molecule has 1 aromatic carbocycles. The number of anilines is 2. The lowest BCUT2D eigenvalue weighted by Gasteiger charge is -2.04. The second-order valence-electron chi connectivity index (χ2n) is 8.41. The average molecular weight is 593 g/mol. The first-order chi connectivity index (χ1) is 18.0. The van der Waals surface area contributed by atoms with E-state index in [0.717, 1.165) is 0 Å². The lowest BCUT2D eigenvalue weighted by atomic mass is 10.3. The summed E-state index contributed by atoms with van der Waals surface area (Å²) < 4.78 is 3.06. The number of nitrogens with zero attached hydrogens (tertiary/aromatic N) is 4. The number of amidine groups is 1. The number of hydrogen-bond acceptors (Lipinski definition) is 7. The smallest absolute Gasteiger partial charge is 0.297 e. The number of rotatable bonds is 9. The molecule has 0 atom stereocenters. The van der Waals surface area contributed by atoms with Crippen molar-refractivity contribution in [2.75, 3.05) is 17.2 Å². The highest BCUT2D eigenvalue weighted by molar-refractivity contribution is 6.07. The maximum atomic E-state index is 12.9. The van der Waals surface area contributed by atoms with Gasteiger partial charge in [0.05, 0.1) is 27.7 Å². The molecule has 17 heteroatoms. The van der Waals surface area contributed by atoms with Gasteiger partial charge in [0.25, 0.3) is 23.4 Å². The minimum absolute atomic E-state index is 0.